The quantitative estimate of drug-likeness (QED) is 0.428. The Hall–Kier alpha value is -0.780. The third kappa shape index (κ3) is 2.24. The molecule has 5 rings (SSSR count). The van der Waals surface area contributed by atoms with Gasteiger partial charge in [-0.15, -0.1) is 0 Å². The molecule has 0 N–H and O–H groups in total. The summed E-state index contributed by atoms with van der Waals surface area (Å²) in [6, 6.07) is 7.16. The highest BCUT2D eigenvalue weighted by molar-refractivity contribution is 5.42. The van der Waals surface area contributed by atoms with Crippen molar-refractivity contribution in [2.45, 2.75) is 105 Å². The molecule has 6 atom stereocenters. The summed E-state index contributed by atoms with van der Waals surface area (Å²) in [5.74, 6) is 2.64. The molecule has 0 aromatic heterocycles. The van der Waals surface area contributed by atoms with Gasteiger partial charge in [-0.25, -0.2) is 0 Å². The lowest BCUT2D eigenvalue weighted by molar-refractivity contribution is -0.199. The maximum Gasteiger partial charge on any atom is -0.00996 e. The van der Waals surface area contributed by atoms with Crippen LogP contribution in [-0.2, 0) is 6.42 Å². The monoisotopic (exact) mass is 378 g/mol. The van der Waals surface area contributed by atoms with E-state index >= 15 is 0 Å². The van der Waals surface area contributed by atoms with Crippen molar-refractivity contribution in [2.24, 2.45) is 33.5 Å². The molecule has 6 unspecified atom stereocenters. The Labute approximate surface area is 173 Å². The lowest BCUT2D eigenvalue weighted by Gasteiger charge is -2.70. The average molecular weight is 379 g/mol. The molecular weight excluding hydrogens is 336 g/mol. The van der Waals surface area contributed by atoms with Gasteiger partial charge in [-0.2, -0.15) is 0 Å². The molecule has 28 heavy (non-hydrogen) atoms. The smallest absolute Gasteiger partial charge is 0.00996 e. The molecule has 1 aromatic rings. The molecule has 0 spiro atoms. The molecule has 4 aliphatic carbocycles. The van der Waals surface area contributed by atoms with Crippen LogP contribution in [0.5, 0.6) is 0 Å². The molecule has 1 aromatic carbocycles. The van der Waals surface area contributed by atoms with E-state index < -0.39 is 0 Å². The van der Waals surface area contributed by atoms with Crippen molar-refractivity contribution in [3.05, 3.63) is 34.9 Å². The molecule has 0 aliphatic heterocycles. The van der Waals surface area contributed by atoms with E-state index in [1.54, 1.807) is 11.1 Å². The summed E-state index contributed by atoms with van der Waals surface area (Å²) in [5.41, 5.74) is 7.06. The van der Waals surface area contributed by atoms with E-state index in [2.05, 4.69) is 59.7 Å². The van der Waals surface area contributed by atoms with Crippen molar-refractivity contribution in [1.29, 1.82) is 0 Å². The number of fused-ring (bicyclic) bond motifs is 7. The first kappa shape index (κ1) is 19.2. The van der Waals surface area contributed by atoms with Gasteiger partial charge >= 0.3 is 0 Å². The second-order valence-corrected chi connectivity index (χ2v) is 12.6. The van der Waals surface area contributed by atoms with Crippen LogP contribution in [0.4, 0.5) is 0 Å². The van der Waals surface area contributed by atoms with Crippen molar-refractivity contribution in [1.82, 2.24) is 0 Å². The average Bonchev–Trinajstić information content (AvgIpc) is 2.61. The first-order valence-electron chi connectivity index (χ1n) is 12.2. The van der Waals surface area contributed by atoms with E-state index in [0.717, 1.165) is 17.8 Å². The molecule has 0 amide bonds. The summed E-state index contributed by atoms with van der Waals surface area (Å²) in [5, 5.41) is 0. The molecule has 0 bridgehead atoms. The first-order chi connectivity index (χ1) is 13.1. The van der Waals surface area contributed by atoms with Gasteiger partial charge in [0, 0.05) is 0 Å². The molecule has 0 nitrogen and oxygen atoms in total. The highest BCUT2D eigenvalue weighted by atomic mass is 14.7. The molecule has 0 radical (unpaired) electrons. The van der Waals surface area contributed by atoms with E-state index in [4.69, 9.17) is 0 Å². The van der Waals surface area contributed by atoms with E-state index in [1.807, 2.05) is 0 Å². The van der Waals surface area contributed by atoms with Gasteiger partial charge in [0.15, 0.2) is 0 Å². The van der Waals surface area contributed by atoms with Gasteiger partial charge in [0.25, 0.3) is 0 Å². The van der Waals surface area contributed by atoms with Crippen molar-refractivity contribution in [3.8, 4) is 0 Å². The molecule has 0 heterocycles. The van der Waals surface area contributed by atoms with E-state index in [-0.39, 0.29) is 0 Å². The third-order valence-electron chi connectivity index (χ3n) is 11.3. The topological polar surface area (TPSA) is 0 Å². The van der Waals surface area contributed by atoms with Crippen LogP contribution < -0.4 is 0 Å². The lowest BCUT2D eigenvalue weighted by atomic mass is 9.34. The van der Waals surface area contributed by atoms with Crippen LogP contribution in [0.3, 0.4) is 0 Å². The highest BCUT2D eigenvalue weighted by Crippen LogP contribution is 2.74. The van der Waals surface area contributed by atoms with Crippen LogP contribution in [0.2, 0.25) is 0 Å². The van der Waals surface area contributed by atoms with Gasteiger partial charge in [0.1, 0.15) is 0 Å². The van der Waals surface area contributed by atoms with Crippen molar-refractivity contribution in [3.63, 3.8) is 0 Å². The number of rotatable bonds is 0. The van der Waals surface area contributed by atoms with Crippen molar-refractivity contribution >= 4 is 0 Å². The SMILES string of the molecule is Cc1cccc2c1CCC1(C)C2CCC2C3(C)CCCC(C)(C)C3CCC21C. The highest BCUT2D eigenvalue weighted by Gasteiger charge is 2.66. The van der Waals surface area contributed by atoms with Crippen LogP contribution in [0.25, 0.3) is 0 Å². The third-order valence-corrected chi connectivity index (χ3v) is 11.3. The Bertz CT molecular complexity index is 787. The predicted molar refractivity (Wildman–Crippen MR) is 120 cm³/mol. The van der Waals surface area contributed by atoms with E-state index in [1.165, 1.54) is 63.4 Å². The maximum absolute atomic E-state index is 2.74. The van der Waals surface area contributed by atoms with Crippen LogP contribution in [0, 0.1) is 40.4 Å². The fourth-order valence-corrected chi connectivity index (χ4v) is 9.77. The maximum atomic E-state index is 2.74. The zero-order valence-corrected chi connectivity index (χ0v) is 19.3. The number of hydrogen-bond donors (Lipinski definition) is 0. The van der Waals surface area contributed by atoms with Gasteiger partial charge in [0.2, 0.25) is 0 Å². The normalized spacial score (nSPS) is 46.7. The number of hydrogen-bond acceptors (Lipinski definition) is 0. The van der Waals surface area contributed by atoms with Crippen LogP contribution in [0.1, 0.15) is 109 Å². The largest absolute Gasteiger partial charge is 0.0617 e. The van der Waals surface area contributed by atoms with Crippen LogP contribution >= 0.6 is 0 Å². The molecule has 0 heteroatoms. The zero-order chi connectivity index (χ0) is 19.9. The van der Waals surface area contributed by atoms with Gasteiger partial charge in [-0.1, -0.05) is 59.2 Å². The zero-order valence-electron chi connectivity index (χ0n) is 19.3. The first-order valence-corrected chi connectivity index (χ1v) is 12.2. The lowest BCUT2D eigenvalue weighted by Crippen LogP contribution is -2.62. The van der Waals surface area contributed by atoms with Gasteiger partial charge in [0.05, 0.1) is 0 Å². The Morgan fingerprint density at radius 1 is 0.786 bits per heavy atom. The fraction of sp³-hybridized carbons (Fsp3) is 0.786. The summed E-state index contributed by atoms with van der Waals surface area (Å²) in [6.07, 6.45) is 12.9. The molecule has 154 valence electrons. The molecule has 0 saturated heterocycles. The van der Waals surface area contributed by atoms with Crippen LogP contribution in [-0.4, -0.2) is 0 Å². The van der Waals surface area contributed by atoms with E-state index in [0.29, 0.717) is 21.7 Å². The summed E-state index contributed by atoms with van der Waals surface area (Å²) in [7, 11) is 0. The Morgan fingerprint density at radius 2 is 1.57 bits per heavy atom. The Morgan fingerprint density at radius 3 is 2.36 bits per heavy atom. The minimum absolute atomic E-state index is 0.478. The summed E-state index contributed by atoms with van der Waals surface area (Å²) in [6.45, 7) is 15.7. The number of aryl methyl sites for hydroxylation is 1. The number of benzene rings is 1. The van der Waals surface area contributed by atoms with Crippen LogP contribution in [0.15, 0.2) is 18.2 Å². The van der Waals surface area contributed by atoms with Crippen molar-refractivity contribution < 1.29 is 0 Å². The summed E-state index contributed by atoms with van der Waals surface area (Å²) in [4.78, 5) is 0. The predicted octanol–water partition coefficient (Wildman–Crippen LogP) is 8.07. The fourth-order valence-electron chi connectivity index (χ4n) is 9.77. The minimum atomic E-state index is 0.478. The summed E-state index contributed by atoms with van der Waals surface area (Å²) < 4.78 is 0. The Balaban J connectivity index is 1.58. The second kappa shape index (κ2) is 5.89. The van der Waals surface area contributed by atoms with Gasteiger partial charge in [-0.3, -0.25) is 0 Å². The standard InChI is InChI=1S/C28H42/c1-19-9-7-10-21-20(19)13-17-27(5)22(21)11-12-24-26(4)16-8-15-25(2,3)23(26)14-18-28(24,27)6/h7,9-10,22-24H,8,11-18H2,1-6H3. The van der Waals surface area contributed by atoms with E-state index in [9.17, 15) is 0 Å². The molecule has 4 aliphatic rings. The summed E-state index contributed by atoms with van der Waals surface area (Å²) >= 11 is 0. The minimum Gasteiger partial charge on any atom is -0.0617 e. The second-order valence-electron chi connectivity index (χ2n) is 12.6. The van der Waals surface area contributed by atoms with Gasteiger partial charge < -0.3 is 0 Å². The Kier molecular flexibility index (Phi) is 4.04. The molecular formula is C28H42. The molecule has 3 fully saturated rings. The molecule has 3 saturated carbocycles. The van der Waals surface area contributed by atoms with Crippen molar-refractivity contribution in [2.75, 3.05) is 0 Å². The van der Waals surface area contributed by atoms with Gasteiger partial charge in [-0.05, 0) is 114 Å².